The Bertz CT molecular complexity index is 583. The minimum atomic E-state index is -0.841. The summed E-state index contributed by atoms with van der Waals surface area (Å²) >= 11 is 0. The highest BCUT2D eigenvalue weighted by molar-refractivity contribution is 5.99. The van der Waals surface area contributed by atoms with E-state index in [0.717, 1.165) is 11.3 Å². The molecule has 1 aromatic carbocycles. The fourth-order valence-electron chi connectivity index (χ4n) is 2.34. The lowest BCUT2D eigenvalue weighted by molar-refractivity contribution is -0.120. The van der Waals surface area contributed by atoms with Gasteiger partial charge in [0, 0.05) is 12.7 Å². The fraction of sp³-hybridized carbons (Fsp3) is 0.500. The number of carbonyl (C=O) groups excluding carboxylic acids is 2. The van der Waals surface area contributed by atoms with Crippen LogP contribution in [0.5, 0.6) is 0 Å². The van der Waals surface area contributed by atoms with Crippen molar-refractivity contribution in [3.05, 3.63) is 29.8 Å². The first-order valence-electron chi connectivity index (χ1n) is 7.52. The zero-order chi connectivity index (χ0) is 16.5. The van der Waals surface area contributed by atoms with E-state index in [4.69, 9.17) is 6.15 Å². The van der Waals surface area contributed by atoms with Crippen LogP contribution in [0.25, 0.3) is 0 Å². The van der Waals surface area contributed by atoms with E-state index < -0.39 is 17.7 Å². The number of aryl methyl sites for hydroxylation is 1. The lowest BCUT2D eigenvalue weighted by Gasteiger charge is -2.24. The summed E-state index contributed by atoms with van der Waals surface area (Å²) in [7, 11) is 1.67. The van der Waals surface area contributed by atoms with Gasteiger partial charge >= 0.3 is 6.09 Å². The van der Waals surface area contributed by atoms with E-state index >= 15 is 0 Å². The van der Waals surface area contributed by atoms with Crippen LogP contribution >= 0.6 is 0 Å². The second-order valence-electron chi connectivity index (χ2n) is 6.19. The molecule has 0 saturated heterocycles. The van der Waals surface area contributed by atoms with Gasteiger partial charge in [-0.2, -0.15) is 0 Å². The third-order valence-electron chi connectivity index (χ3n) is 3.31. The van der Waals surface area contributed by atoms with Crippen molar-refractivity contribution in [1.29, 1.82) is 0 Å². The number of rotatable bonds is 1. The summed E-state index contributed by atoms with van der Waals surface area (Å²) in [5, 5.41) is 0.663. The second-order valence-corrected chi connectivity index (χ2v) is 6.19. The molecule has 1 atom stereocenters. The number of alkyl carbamates (subject to hydrolysis) is 1. The van der Waals surface area contributed by atoms with Gasteiger partial charge in [-0.1, -0.05) is 18.2 Å². The SMILES string of the molecule is [2H]N(C(=O)OC(C)(C)C)C1CCc2ccccc2N(C)C1=O. The van der Waals surface area contributed by atoms with E-state index in [2.05, 4.69) is 0 Å². The highest BCUT2D eigenvalue weighted by Crippen LogP contribution is 2.25. The molecule has 1 heterocycles. The second kappa shape index (κ2) is 5.76. The van der Waals surface area contributed by atoms with Crippen LogP contribution in [0.3, 0.4) is 0 Å². The predicted octanol–water partition coefficient (Wildman–Crippen LogP) is 2.49. The molecule has 1 aromatic rings. The average Bonchev–Trinajstić information content (AvgIpc) is 2.56. The minimum Gasteiger partial charge on any atom is -0.444 e. The molecule has 0 fully saturated rings. The average molecular weight is 291 g/mol. The number of para-hydroxylation sites is 1. The standard InChI is InChI=1S/C16H22N2O3/c1-16(2,3)21-15(20)17-12-10-9-11-7-5-6-8-13(11)18(4)14(12)19/h5-8,12H,9-10H2,1-4H3,(H,17,20)/i/hD. The molecular weight excluding hydrogens is 268 g/mol. The molecule has 5 heteroatoms. The number of fused-ring (bicyclic) bond motifs is 1. The Labute approximate surface area is 126 Å². The summed E-state index contributed by atoms with van der Waals surface area (Å²) in [4.78, 5) is 26.1. The first kappa shape index (κ1) is 13.9. The van der Waals surface area contributed by atoms with Crippen LogP contribution in [0.15, 0.2) is 24.3 Å². The van der Waals surface area contributed by atoms with Gasteiger partial charge < -0.3 is 14.9 Å². The molecule has 0 aromatic heterocycles. The minimum absolute atomic E-state index is 0.272. The van der Waals surface area contributed by atoms with E-state index in [9.17, 15) is 9.59 Å². The molecule has 0 saturated carbocycles. The van der Waals surface area contributed by atoms with Crippen molar-refractivity contribution in [2.75, 3.05) is 11.9 Å². The number of ether oxygens (including phenoxy) is 1. The zero-order valence-corrected chi connectivity index (χ0v) is 12.9. The topological polar surface area (TPSA) is 58.6 Å². The Kier molecular flexibility index (Phi) is 3.82. The van der Waals surface area contributed by atoms with Crippen molar-refractivity contribution in [3.8, 4) is 0 Å². The zero-order valence-electron chi connectivity index (χ0n) is 13.9. The number of hydrogen-bond acceptors (Lipinski definition) is 3. The van der Waals surface area contributed by atoms with Gasteiger partial charge in [0.2, 0.25) is 5.91 Å². The van der Waals surface area contributed by atoms with Gasteiger partial charge in [0.15, 0.2) is 1.41 Å². The van der Waals surface area contributed by atoms with Crippen LogP contribution in [-0.4, -0.2) is 30.7 Å². The molecule has 114 valence electrons. The van der Waals surface area contributed by atoms with Crippen molar-refractivity contribution < 1.29 is 15.7 Å². The monoisotopic (exact) mass is 291 g/mol. The quantitative estimate of drug-likeness (QED) is 0.865. The summed E-state index contributed by atoms with van der Waals surface area (Å²) in [6.07, 6.45) is 0.239. The molecule has 2 amide bonds. The molecule has 1 aliphatic rings. The van der Waals surface area contributed by atoms with E-state index in [1.165, 1.54) is 4.90 Å². The number of carbonyl (C=O) groups is 2. The van der Waals surface area contributed by atoms with Crippen LogP contribution in [0.2, 0.25) is 1.41 Å². The normalized spacial score (nSPS) is 19.4. The summed E-state index contributed by atoms with van der Waals surface area (Å²) in [5.41, 5.74) is 1.17. The Morgan fingerprint density at radius 1 is 1.43 bits per heavy atom. The van der Waals surface area contributed by atoms with E-state index in [-0.39, 0.29) is 5.91 Å². The lowest BCUT2D eigenvalue weighted by Crippen LogP contribution is -2.48. The largest absolute Gasteiger partial charge is 0.444 e. The van der Waals surface area contributed by atoms with Crippen molar-refractivity contribution in [3.63, 3.8) is 0 Å². The van der Waals surface area contributed by atoms with E-state index in [0.29, 0.717) is 18.2 Å². The predicted molar refractivity (Wildman–Crippen MR) is 81.3 cm³/mol. The highest BCUT2D eigenvalue weighted by atomic mass is 16.6. The number of benzene rings is 1. The Balaban J connectivity index is 2.20. The number of nitrogens with one attached hydrogen (secondary N) is 1. The van der Waals surface area contributed by atoms with Gasteiger partial charge in [-0.05, 0) is 45.2 Å². The fourth-order valence-corrected chi connectivity index (χ4v) is 2.34. The number of likely N-dealkylation sites (N-methyl/N-ethyl adjacent to an activating group) is 1. The number of amides is 2. The van der Waals surface area contributed by atoms with Gasteiger partial charge in [-0.3, -0.25) is 4.79 Å². The number of anilines is 1. The molecule has 2 rings (SSSR count). The van der Waals surface area contributed by atoms with Crippen LogP contribution < -0.4 is 10.2 Å². The molecule has 1 N–H and O–H groups in total. The smallest absolute Gasteiger partial charge is 0.408 e. The molecule has 0 spiro atoms. The Morgan fingerprint density at radius 2 is 2.10 bits per heavy atom. The maximum Gasteiger partial charge on any atom is 0.408 e. The molecule has 21 heavy (non-hydrogen) atoms. The van der Waals surface area contributed by atoms with Gasteiger partial charge in [-0.25, -0.2) is 4.79 Å². The molecule has 1 unspecified atom stereocenters. The van der Waals surface area contributed by atoms with Crippen molar-refractivity contribution in [1.82, 2.24) is 5.31 Å². The Morgan fingerprint density at radius 3 is 2.76 bits per heavy atom. The van der Waals surface area contributed by atoms with Gasteiger partial charge in [0.05, 0.1) is 0 Å². The maximum absolute atomic E-state index is 12.6. The first-order chi connectivity index (χ1) is 10.2. The molecule has 1 aliphatic heterocycles. The first-order valence-corrected chi connectivity index (χ1v) is 7.07. The maximum atomic E-state index is 12.6. The molecule has 0 bridgehead atoms. The van der Waals surface area contributed by atoms with E-state index in [1.807, 2.05) is 24.3 Å². The summed E-state index contributed by atoms with van der Waals surface area (Å²) in [5.74, 6) is -0.272. The van der Waals surface area contributed by atoms with Gasteiger partial charge in [0.1, 0.15) is 11.6 Å². The number of nitrogens with zero attached hydrogens (tertiary/aromatic N) is 1. The molecular formula is C16H22N2O3. The van der Waals surface area contributed by atoms with Crippen molar-refractivity contribution in [2.24, 2.45) is 0 Å². The van der Waals surface area contributed by atoms with Crippen LogP contribution in [0.1, 0.15) is 32.8 Å². The summed E-state index contributed by atoms with van der Waals surface area (Å²) < 4.78 is 13.2. The Hall–Kier alpha value is -2.04. The number of hydrogen-bond donors (Lipinski definition) is 1. The van der Waals surface area contributed by atoms with Crippen molar-refractivity contribution >= 4 is 17.7 Å². The highest BCUT2D eigenvalue weighted by Gasteiger charge is 2.30. The van der Waals surface area contributed by atoms with Gasteiger partial charge in [-0.15, -0.1) is 0 Å². The lowest BCUT2D eigenvalue weighted by atomic mass is 10.1. The third-order valence-corrected chi connectivity index (χ3v) is 3.31. The van der Waals surface area contributed by atoms with Crippen LogP contribution in [0.4, 0.5) is 10.5 Å². The van der Waals surface area contributed by atoms with Crippen molar-refractivity contribution in [2.45, 2.75) is 45.3 Å². The summed E-state index contributed by atoms with van der Waals surface area (Å²) in [6, 6.07) is 6.78. The summed E-state index contributed by atoms with van der Waals surface area (Å²) in [6.45, 7) is 5.20. The van der Waals surface area contributed by atoms with Gasteiger partial charge in [0.25, 0.3) is 0 Å². The molecule has 0 radical (unpaired) electrons. The molecule has 5 nitrogen and oxygen atoms in total. The third kappa shape index (κ3) is 3.74. The van der Waals surface area contributed by atoms with Crippen LogP contribution in [-0.2, 0) is 16.0 Å². The van der Waals surface area contributed by atoms with E-state index in [1.54, 1.807) is 27.8 Å². The van der Waals surface area contributed by atoms with Crippen LogP contribution in [0, 0.1) is 0 Å². The molecule has 0 aliphatic carbocycles.